The second-order valence-corrected chi connectivity index (χ2v) is 4.50. The summed E-state index contributed by atoms with van der Waals surface area (Å²) in [5, 5.41) is 4.63. The summed E-state index contributed by atoms with van der Waals surface area (Å²) in [6, 6.07) is 8.54. The summed E-state index contributed by atoms with van der Waals surface area (Å²) in [6.45, 7) is 4.05. The SMILES string of the molecule is CCNCc1cc2c(Br)cccc2n1C. The fourth-order valence-corrected chi connectivity index (χ4v) is 2.27. The van der Waals surface area contributed by atoms with Gasteiger partial charge in [-0.2, -0.15) is 0 Å². The zero-order valence-electron chi connectivity index (χ0n) is 9.05. The molecule has 0 aliphatic heterocycles. The summed E-state index contributed by atoms with van der Waals surface area (Å²) in [5.41, 5.74) is 2.59. The molecular weight excluding hydrogens is 252 g/mol. The van der Waals surface area contributed by atoms with Gasteiger partial charge >= 0.3 is 0 Å². The second kappa shape index (κ2) is 4.37. The summed E-state index contributed by atoms with van der Waals surface area (Å²) >= 11 is 3.58. The lowest BCUT2D eigenvalue weighted by molar-refractivity contribution is 0.686. The van der Waals surface area contributed by atoms with Crippen molar-refractivity contribution in [3.63, 3.8) is 0 Å². The Hall–Kier alpha value is -0.800. The minimum absolute atomic E-state index is 0.925. The van der Waals surface area contributed by atoms with Crippen LogP contribution in [0.3, 0.4) is 0 Å². The number of rotatable bonds is 3. The summed E-state index contributed by atoms with van der Waals surface area (Å²) in [5.74, 6) is 0. The number of aromatic nitrogens is 1. The van der Waals surface area contributed by atoms with E-state index in [0.29, 0.717) is 0 Å². The van der Waals surface area contributed by atoms with Gasteiger partial charge in [0, 0.05) is 34.7 Å². The number of aryl methyl sites for hydroxylation is 1. The standard InChI is InChI=1S/C12H15BrN2/c1-3-14-8-9-7-10-11(13)5-4-6-12(10)15(9)2/h4-7,14H,3,8H2,1-2H3. The Morgan fingerprint density at radius 3 is 2.87 bits per heavy atom. The van der Waals surface area contributed by atoms with Crippen LogP contribution in [0.5, 0.6) is 0 Å². The molecule has 0 atom stereocenters. The third-order valence-corrected chi connectivity index (χ3v) is 3.38. The third-order valence-electron chi connectivity index (χ3n) is 2.69. The first kappa shape index (κ1) is 10.7. The maximum Gasteiger partial charge on any atom is 0.0491 e. The summed E-state index contributed by atoms with van der Waals surface area (Å²) < 4.78 is 3.40. The van der Waals surface area contributed by atoms with Gasteiger partial charge in [-0.3, -0.25) is 0 Å². The Morgan fingerprint density at radius 2 is 2.20 bits per heavy atom. The fraction of sp³-hybridized carbons (Fsp3) is 0.333. The largest absolute Gasteiger partial charge is 0.346 e. The van der Waals surface area contributed by atoms with Crippen molar-refractivity contribution in [2.24, 2.45) is 7.05 Å². The van der Waals surface area contributed by atoms with Crippen molar-refractivity contribution in [2.45, 2.75) is 13.5 Å². The van der Waals surface area contributed by atoms with E-state index in [0.717, 1.165) is 13.1 Å². The predicted molar refractivity (Wildman–Crippen MR) is 68.0 cm³/mol. The van der Waals surface area contributed by atoms with Crippen molar-refractivity contribution in [1.29, 1.82) is 0 Å². The van der Waals surface area contributed by atoms with Crippen LogP contribution in [0.25, 0.3) is 10.9 Å². The molecule has 80 valence electrons. The lowest BCUT2D eigenvalue weighted by Crippen LogP contribution is -2.14. The third kappa shape index (κ3) is 1.94. The number of fused-ring (bicyclic) bond motifs is 1. The van der Waals surface area contributed by atoms with E-state index in [1.807, 2.05) is 0 Å². The van der Waals surface area contributed by atoms with Crippen molar-refractivity contribution in [1.82, 2.24) is 9.88 Å². The monoisotopic (exact) mass is 266 g/mol. The Kier molecular flexibility index (Phi) is 3.12. The van der Waals surface area contributed by atoms with Gasteiger partial charge in [-0.05, 0) is 24.7 Å². The molecule has 0 aliphatic carbocycles. The molecule has 0 amide bonds. The lowest BCUT2D eigenvalue weighted by atomic mass is 10.2. The number of hydrogen-bond acceptors (Lipinski definition) is 1. The first-order chi connectivity index (χ1) is 7.24. The van der Waals surface area contributed by atoms with Gasteiger partial charge in [0.05, 0.1) is 0 Å². The van der Waals surface area contributed by atoms with E-state index in [1.54, 1.807) is 0 Å². The maximum atomic E-state index is 3.58. The van der Waals surface area contributed by atoms with Crippen molar-refractivity contribution in [2.75, 3.05) is 6.54 Å². The highest BCUT2D eigenvalue weighted by molar-refractivity contribution is 9.10. The van der Waals surface area contributed by atoms with Crippen LogP contribution in [-0.4, -0.2) is 11.1 Å². The number of halogens is 1. The van der Waals surface area contributed by atoms with E-state index >= 15 is 0 Å². The molecule has 2 nitrogen and oxygen atoms in total. The fourth-order valence-electron chi connectivity index (χ4n) is 1.80. The zero-order chi connectivity index (χ0) is 10.8. The highest BCUT2D eigenvalue weighted by Crippen LogP contribution is 2.26. The van der Waals surface area contributed by atoms with Crippen molar-refractivity contribution in [3.05, 3.63) is 34.4 Å². The van der Waals surface area contributed by atoms with Gasteiger partial charge in [-0.15, -0.1) is 0 Å². The molecule has 0 aliphatic rings. The highest BCUT2D eigenvalue weighted by Gasteiger charge is 2.06. The first-order valence-corrected chi connectivity index (χ1v) is 5.97. The van der Waals surface area contributed by atoms with Crippen LogP contribution >= 0.6 is 15.9 Å². The molecule has 0 spiro atoms. The Bertz CT molecular complexity index is 474. The average molecular weight is 267 g/mol. The minimum Gasteiger partial charge on any atom is -0.346 e. The lowest BCUT2D eigenvalue weighted by Gasteiger charge is -2.04. The molecule has 3 heteroatoms. The molecule has 1 N–H and O–H groups in total. The molecule has 15 heavy (non-hydrogen) atoms. The molecule has 1 heterocycles. The van der Waals surface area contributed by atoms with Gasteiger partial charge in [0.2, 0.25) is 0 Å². The molecule has 0 saturated carbocycles. The van der Waals surface area contributed by atoms with Crippen LogP contribution in [0.1, 0.15) is 12.6 Å². The molecule has 0 fully saturated rings. The van der Waals surface area contributed by atoms with E-state index in [9.17, 15) is 0 Å². The minimum atomic E-state index is 0.925. The number of hydrogen-bond donors (Lipinski definition) is 1. The number of nitrogens with zero attached hydrogens (tertiary/aromatic N) is 1. The molecule has 1 aromatic carbocycles. The van der Waals surface area contributed by atoms with Crippen LogP contribution in [-0.2, 0) is 13.6 Å². The van der Waals surface area contributed by atoms with E-state index < -0.39 is 0 Å². The molecule has 0 radical (unpaired) electrons. The predicted octanol–water partition coefficient (Wildman–Crippen LogP) is 3.05. The van der Waals surface area contributed by atoms with Crippen molar-refractivity contribution in [3.8, 4) is 0 Å². The van der Waals surface area contributed by atoms with Crippen LogP contribution in [0, 0.1) is 0 Å². The smallest absolute Gasteiger partial charge is 0.0491 e. The van der Waals surface area contributed by atoms with Gasteiger partial charge in [-0.1, -0.05) is 28.9 Å². The Morgan fingerprint density at radius 1 is 1.40 bits per heavy atom. The number of benzene rings is 1. The summed E-state index contributed by atoms with van der Waals surface area (Å²) in [6.07, 6.45) is 0. The Balaban J connectivity index is 2.49. The molecule has 0 saturated heterocycles. The topological polar surface area (TPSA) is 17.0 Å². The van der Waals surface area contributed by atoms with E-state index in [4.69, 9.17) is 0 Å². The second-order valence-electron chi connectivity index (χ2n) is 3.65. The molecule has 2 rings (SSSR count). The molecule has 2 aromatic rings. The average Bonchev–Trinajstić information content (AvgIpc) is 2.55. The summed E-state index contributed by atoms with van der Waals surface area (Å²) in [4.78, 5) is 0. The zero-order valence-corrected chi connectivity index (χ0v) is 10.6. The first-order valence-electron chi connectivity index (χ1n) is 5.17. The maximum absolute atomic E-state index is 3.58. The molecule has 0 bridgehead atoms. The van der Waals surface area contributed by atoms with Crippen molar-refractivity contribution >= 4 is 26.8 Å². The molecular formula is C12H15BrN2. The van der Waals surface area contributed by atoms with Gasteiger partial charge in [0.15, 0.2) is 0 Å². The number of nitrogens with one attached hydrogen (secondary N) is 1. The van der Waals surface area contributed by atoms with Gasteiger partial charge in [0.25, 0.3) is 0 Å². The van der Waals surface area contributed by atoms with Crippen LogP contribution in [0.2, 0.25) is 0 Å². The molecule has 1 aromatic heterocycles. The normalized spacial score (nSPS) is 11.1. The van der Waals surface area contributed by atoms with E-state index in [2.05, 4.69) is 64.1 Å². The van der Waals surface area contributed by atoms with E-state index in [1.165, 1.54) is 21.1 Å². The van der Waals surface area contributed by atoms with Crippen LogP contribution in [0.4, 0.5) is 0 Å². The van der Waals surface area contributed by atoms with E-state index in [-0.39, 0.29) is 0 Å². The summed E-state index contributed by atoms with van der Waals surface area (Å²) in [7, 11) is 2.11. The van der Waals surface area contributed by atoms with Crippen molar-refractivity contribution < 1.29 is 0 Å². The van der Waals surface area contributed by atoms with Crippen LogP contribution in [0.15, 0.2) is 28.7 Å². The molecule has 0 unspecified atom stereocenters. The van der Waals surface area contributed by atoms with Gasteiger partial charge in [-0.25, -0.2) is 0 Å². The van der Waals surface area contributed by atoms with Gasteiger partial charge in [0.1, 0.15) is 0 Å². The Labute approximate surface area is 98.4 Å². The van der Waals surface area contributed by atoms with Gasteiger partial charge < -0.3 is 9.88 Å². The highest BCUT2D eigenvalue weighted by atomic mass is 79.9. The van der Waals surface area contributed by atoms with Crippen LogP contribution < -0.4 is 5.32 Å². The quantitative estimate of drug-likeness (QED) is 0.904.